The number of nitrogens with one attached hydrogen (secondary N) is 1. The molecular weight excluding hydrogens is 200 g/mol. The average molecular weight is 210 g/mol. The molecule has 0 saturated heterocycles. The lowest BCUT2D eigenvalue weighted by Gasteiger charge is -2.02. The molecule has 74 valence electrons. The lowest BCUT2D eigenvalue weighted by Crippen LogP contribution is -2.33. The van der Waals surface area contributed by atoms with E-state index in [4.69, 9.17) is 5.73 Å². The highest BCUT2D eigenvalue weighted by Gasteiger charge is 2.04. The summed E-state index contributed by atoms with van der Waals surface area (Å²) in [6.07, 6.45) is 0. The van der Waals surface area contributed by atoms with E-state index >= 15 is 0 Å². The number of thiol groups is 1. The van der Waals surface area contributed by atoms with E-state index in [1.807, 2.05) is 0 Å². The minimum Gasteiger partial charge on any atom is -0.368 e. The topological polar surface area (TPSA) is 72.2 Å². The van der Waals surface area contributed by atoms with Crippen LogP contribution in [0.4, 0.5) is 0 Å². The fraction of sp³-hybridized carbons (Fsp3) is 0.111. The summed E-state index contributed by atoms with van der Waals surface area (Å²) in [5.74, 6) is -0.888. The number of hydrogen-bond donors (Lipinski definition) is 3. The highest BCUT2D eigenvalue weighted by molar-refractivity contribution is 7.80. The Hall–Kier alpha value is -1.49. The molecule has 2 amide bonds. The molecule has 0 bridgehead atoms. The maximum absolute atomic E-state index is 11.3. The Morgan fingerprint density at radius 2 is 1.86 bits per heavy atom. The van der Waals surface area contributed by atoms with Crippen molar-refractivity contribution in [3.63, 3.8) is 0 Å². The van der Waals surface area contributed by atoms with Crippen LogP contribution in [-0.4, -0.2) is 18.4 Å². The van der Waals surface area contributed by atoms with Crippen molar-refractivity contribution in [2.24, 2.45) is 5.73 Å². The summed E-state index contributed by atoms with van der Waals surface area (Å²) < 4.78 is 0. The maximum atomic E-state index is 11.3. The van der Waals surface area contributed by atoms with Crippen molar-refractivity contribution >= 4 is 24.4 Å². The van der Waals surface area contributed by atoms with Gasteiger partial charge in [0.25, 0.3) is 5.91 Å². The second kappa shape index (κ2) is 4.66. The zero-order chi connectivity index (χ0) is 10.6. The Kier molecular flexibility index (Phi) is 3.53. The molecule has 0 atom stereocenters. The van der Waals surface area contributed by atoms with Crippen molar-refractivity contribution < 1.29 is 9.59 Å². The lowest BCUT2D eigenvalue weighted by molar-refractivity contribution is -0.117. The van der Waals surface area contributed by atoms with Gasteiger partial charge >= 0.3 is 0 Å². The highest BCUT2D eigenvalue weighted by atomic mass is 32.1. The van der Waals surface area contributed by atoms with Gasteiger partial charge in [0.15, 0.2) is 0 Å². The van der Waals surface area contributed by atoms with Gasteiger partial charge in [-0.1, -0.05) is 0 Å². The summed E-state index contributed by atoms with van der Waals surface area (Å²) in [5.41, 5.74) is 5.35. The molecule has 5 heteroatoms. The first-order chi connectivity index (χ1) is 6.59. The van der Waals surface area contributed by atoms with E-state index in [1.165, 1.54) is 0 Å². The molecule has 0 aliphatic carbocycles. The number of carbonyl (C=O) groups is 2. The van der Waals surface area contributed by atoms with Crippen LogP contribution in [0.3, 0.4) is 0 Å². The van der Waals surface area contributed by atoms with E-state index in [1.54, 1.807) is 24.3 Å². The summed E-state index contributed by atoms with van der Waals surface area (Å²) in [4.78, 5) is 22.5. The number of amides is 2. The molecule has 0 spiro atoms. The first kappa shape index (κ1) is 10.6. The SMILES string of the molecule is NC(=O)CNC(=O)c1ccc(S)cc1. The average Bonchev–Trinajstić information content (AvgIpc) is 2.15. The van der Waals surface area contributed by atoms with Crippen LogP contribution < -0.4 is 11.1 Å². The maximum Gasteiger partial charge on any atom is 0.251 e. The minimum absolute atomic E-state index is 0.151. The zero-order valence-corrected chi connectivity index (χ0v) is 8.25. The van der Waals surface area contributed by atoms with E-state index in [0.717, 1.165) is 4.90 Å². The Bertz CT molecular complexity index is 348. The third kappa shape index (κ3) is 3.10. The number of benzene rings is 1. The lowest BCUT2D eigenvalue weighted by atomic mass is 10.2. The van der Waals surface area contributed by atoms with Crippen LogP contribution in [0, 0.1) is 0 Å². The molecule has 0 saturated carbocycles. The van der Waals surface area contributed by atoms with Crippen molar-refractivity contribution in [2.45, 2.75) is 4.90 Å². The summed E-state index contributed by atoms with van der Waals surface area (Å²) in [6.45, 7) is -0.151. The Balaban J connectivity index is 2.61. The van der Waals surface area contributed by atoms with E-state index in [2.05, 4.69) is 17.9 Å². The van der Waals surface area contributed by atoms with Crippen LogP contribution in [0.1, 0.15) is 10.4 Å². The van der Waals surface area contributed by atoms with Crippen LogP contribution in [-0.2, 0) is 4.79 Å². The van der Waals surface area contributed by atoms with Crippen LogP contribution >= 0.6 is 12.6 Å². The van der Waals surface area contributed by atoms with Crippen molar-refractivity contribution in [2.75, 3.05) is 6.54 Å². The first-order valence-corrected chi connectivity index (χ1v) is 4.40. The van der Waals surface area contributed by atoms with Crippen molar-refractivity contribution in [3.05, 3.63) is 29.8 Å². The van der Waals surface area contributed by atoms with Crippen molar-refractivity contribution in [1.29, 1.82) is 0 Å². The second-order valence-corrected chi connectivity index (χ2v) is 3.21. The van der Waals surface area contributed by atoms with Gasteiger partial charge in [-0.3, -0.25) is 9.59 Å². The molecule has 0 radical (unpaired) electrons. The highest BCUT2D eigenvalue weighted by Crippen LogP contribution is 2.07. The van der Waals surface area contributed by atoms with Gasteiger partial charge in [-0.25, -0.2) is 0 Å². The standard InChI is InChI=1S/C9H10N2O2S/c10-8(12)5-11-9(13)6-1-3-7(14)4-2-6/h1-4,14H,5H2,(H2,10,12)(H,11,13). The van der Waals surface area contributed by atoms with Gasteiger partial charge in [0.1, 0.15) is 0 Å². The largest absolute Gasteiger partial charge is 0.368 e. The predicted octanol–water partition coefficient (Wildman–Crippen LogP) is 0.190. The molecule has 0 aliphatic rings. The molecule has 0 heterocycles. The molecule has 14 heavy (non-hydrogen) atoms. The number of carbonyl (C=O) groups excluding carboxylic acids is 2. The third-order valence-corrected chi connectivity index (χ3v) is 1.85. The third-order valence-electron chi connectivity index (χ3n) is 1.55. The van der Waals surface area contributed by atoms with Gasteiger partial charge in [-0.05, 0) is 24.3 Å². The van der Waals surface area contributed by atoms with Gasteiger partial charge in [-0.2, -0.15) is 0 Å². The number of nitrogens with two attached hydrogens (primary N) is 1. The molecular formula is C9H10N2O2S. The number of primary amides is 1. The first-order valence-electron chi connectivity index (χ1n) is 3.95. The van der Waals surface area contributed by atoms with Gasteiger partial charge < -0.3 is 11.1 Å². The van der Waals surface area contributed by atoms with Gasteiger partial charge in [0.05, 0.1) is 6.54 Å². The molecule has 0 aliphatic heterocycles. The van der Waals surface area contributed by atoms with Crippen LogP contribution in [0.2, 0.25) is 0 Å². The van der Waals surface area contributed by atoms with E-state index < -0.39 is 5.91 Å². The smallest absolute Gasteiger partial charge is 0.251 e. The molecule has 3 N–H and O–H groups in total. The summed E-state index contributed by atoms with van der Waals surface area (Å²) in [7, 11) is 0. The Labute approximate surface area is 86.9 Å². The summed E-state index contributed by atoms with van der Waals surface area (Å²) in [6, 6.07) is 6.64. The molecule has 0 fully saturated rings. The molecule has 0 unspecified atom stereocenters. The molecule has 1 rings (SSSR count). The van der Waals surface area contributed by atoms with Gasteiger partial charge in [0.2, 0.25) is 5.91 Å². The zero-order valence-electron chi connectivity index (χ0n) is 7.36. The monoisotopic (exact) mass is 210 g/mol. The normalized spacial score (nSPS) is 9.50. The van der Waals surface area contributed by atoms with Gasteiger partial charge in [0, 0.05) is 10.5 Å². The fourth-order valence-electron chi connectivity index (χ4n) is 0.882. The second-order valence-electron chi connectivity index (χ2n) is 2.70. The van der Waals surface area contributed by atoms with E-state index in [9.17, 15) is 9.59 Å². The molecule has 1 aromatic carbocycles. The number of rotatable bonds is 3. The van der Waals surface area contributed by atoms with Gasteiger partial charge in [-0.15, -0.1) is 12.6 Å². The van der Waals surface area contributed by atoms with E-state index in [-0.39, 0.29) is 12.5 Å². The van der Waals surface area contributed by atoms with Crippen LogP contribution in [0.25, 0.3) is 0 Å². The molecule has 1 aromatic rings. The molecule has 4 nitrogen and oxygen atoms in total. The van der Waals surface area contributed by atoms with Crippen molar-refractivity contribution in [3.8, 4) is 0 Å². The Morgan fingerprint density at radius 1 is 1.29 bits per heavy atom. The van der Waals surface area contributed by atoms with Crippen LogP contribution in [0.15, 0.2) is 29.2 Å². The Morgan fingerprint density at radius 3 is 2.36 bits per heavy atom. The van der Waals surface area contributed by atoms with E-state index in [0.29, 0.717) is 5.56 Å². The quantitative estimate of drug-likeness (QED) is 0.623. The summed E-state index contributed by atoms with van der Waals surface area (Å²) >= 11 is 4.08. The van der Waals surface area contributed by atoms with Crippen LogP contribution in [0.5, 0.6) is 0 Å². The fourth-order valence-corrected chi connectivity index (χ4v) is 1.03. The molecule has 0 aromatic heterocycles. The summed E-state index contributed by atoms with van der Waals surface area (Å²) in [5, 5.41) is 2.38. The predicted molar refractivity (Wildman–Crippen MR) is 55.2 cm³/mol. The van der Waals surface area contributed by atoms with Crippen molar-refractivity contribution in [1.82, 2.24) is 5.32 Å². The number of hydrogen-bond acceptors (Lipinski definition) is 3. The minimum atomic E-state index is -0.566.